The Hall–Kier alpha value is -3.25. The second-order valence-corrected chi connectivity index (χ2v) is 13.3. The van der Waals surface area contributed by atoms with Gasteiger partial charge in [-0.05, 0) is 73.9 Å². The van der Waals surface area contributed by atoms with Crippen LogP contribution in [-0.2, 0) is 27.7 Å². The molecule has 2 heterocycles. The van der Waals surface area contributed by atoms with Crippen molar-refractivity contribution in [3.63, 3.8) is 0 Å². The summed E-state index contributed by atoms with van der Waals surface area (Å²) in [5, 5.41) is 0. The second kappa shape index (κ2) is 12.5. The molecule has 2 aromatic carbocycles. The summed E-state index contributed by atoms with van der Waals surface area (Å²) in [5.74, 6) is -0.217. The number of nitrogens with two attached hydrogens (primary N) is 1. The van der Waals surface area contributed by atoms with Crippen LogP contribution >= 0.6 is 0 Å². The summed E-state index contributed by atoms with van der Waals surface area (Å²) in [6.07, 6.45) is 4.61. The van der Waals surface area contributed by atoms with Crippen molar-refractivity contribution >= 4 is 15.9 Å². The number of rotatable bonds is 13. The molecule has 0 bridgehead atoms. The monoisotopic (exact) mass is 596 g/mol. The van der Waals surface area contributed by atoms with Gasteiger partial charge in [0.05, 0.1) is 24.0 Å². The fourth-order valence-electron chi connectivity index (χ4n) is 5.85. The van der Waals surface area contributed by atoms with Crippen LogP contribution in [0.3, 0.4) is 0 Å². The van der Waals surface area contributed by atoms with E-state index in [9.17, 15) is 13.2 Å². The summed E-state index contributed by atoms with van der Waals surface area (Å²) < 4.78 is 46.5. The average molecular weight is 597 g/mol. The molecular weight excluding hydrogens is 556 g/mol. The van der Waals surface area contributed by atoms with Crippen LogP contribution in [0.25, 0.3) is 0 Å². The van der Waals surface area contributed by atoms with Crippen molar-refractivity contribution < 1.29 is 27.1 Å². The Balaban J connectivity index is 1.41. The van der Waals surface area contributed by atoms with Crippen LogP contribution in [0.1, 0.15) is 63.8 Å². The van der Waals surface area contributed by atoms with E-state index in [0.717, 1.165) is 44.5 Å². The summed E-state index contributed by atoms with van der Waals surface area (Å²) in [6, 6.07) is 11.7. The zero-order valence-electron chi connectivity index (χ0n) is 24.7. The lowest BCUT2D eigenvalue weighted by molar-refractivity contribution is 0.0995. The number of carbonyl (C=O) groups excluding carboxylic acids is 1. The number of sulfonamides is 1. The van der Waals surface area contributed by atoms with E-state index in [2.05, 4.69) is 34.1 Å². The minimum atomic E-state index is -3.86. The number of primary amides is 1. The predicted molar refractivity (Wildman–Crippen MR) is 158 cm³/mol. The van der Waals surface area contributed by atoms with E-state index in [4.69, 9.17) is 19.6 Å². The molecule has 1 aliphatic carbocycles. The van der Waals surface area contributed by atoms with E-state index in [1.165, 1.54) is 11.8 Å². The number of ether oxygens (including phenoxy) is 2. The molecule has 1 aliphatic heterocycles. The van der Waals surface area contributed by atoms with Gasteiger partial charge in [0.2, 0.25) is 10.0 Å². The third-order valence-corrected chi connectivity index (χ3v) is 10.4. The van der Waals surface area contributed by atoms with Crippen LogP contribution in [0.4, 0.5) is 0 Å². The molecule has 2 aliphatic rings. The quantitative estimate of drug-likeness (QED) is 0.316. The Kier molecular flexibility index (Phi) is 9.03. The lowest BCUT2D eigenvalue weighted by atomic mass is 9.98. The molecule has 226 valence electrons. The van der Waals surface area contributed by atoms with Crippen molar-refractivity contribution in [1.82, 2.24) is 14.2 Å². The molecule has 3 aromatic rings. The topological polar surface area (TPSA) is 128 Å². The molecule has 2 fully saturated rings. The maximum Gasteiger partial charge on any atom is 0.270 e. The molecule has 2 N–H and O–H groups in total. The standard InChI is InChI=1S/C31H40N4O6S/c1-20-13-27(40-4)14-21(2)29(20)42(37,38)35(25-9-10-25)17-24(31-33-28(19-41-31)30(32)36)15-22-5-7-23(8-6-22)16-34-12-11-26(18-34)39-3/h5-8,13-14,19,24-26H,9-12,15-18H2,1-4H3,(H2,32,36). The Morgan fingerprint density at radius 2 is 1.79 bits per heavy atom. The summed E-state index contributed by atoms with van der Waals surface area (Å²) in [6.45, 7) is 6.51. The van der Waals surface area contributed by atoms with E-state index in [0.29, 0.717) is 34.1 Å². The Bertz CT molecular complexity index is 1490. The maximum atomic E-state index is 14.2. The van der Waals surface area contributed by atoms with Crippen LogP contribution in [-0.4, -0.2) is 74.5 Å². The first-order valence-corrected chi connectivity index (χ1v) is 15.8. The number of hydrogen-bond acceptors (Lipinski definition) is 8. The van der Waals surface area contributed by atoms with Gasteiger partial charge in [0.15, 0.2) is 11.6 Å². The summed E-state index contributed by atoms with van der Waals surface area (Å²) in [5.41, 5.74) is 8.95. The molecule has 11 heteroatoms. The molecule has 5 rings (SSSR count). The summed E-state index contributed by atoms with van der Waals surface area (Å²) in [7, 11) is -0.531. The van der Waals surface area contributed by atoms with Crippen LogP contribution in [0.5, 0.6) is 5.75 Å². The number of amides is 1. The zero-order valence-corrected chi connectivity index (χ0v) is 25.5. The number of carbonyl (C=O) groups is 1. The fourth-order valence-corrected chi connectivity index (χ4v) is 8.00. The molecule has 42 heavy (non-hydrogen) atoms. The molecule has 1 saturated heterocycles. The van der Waals surface area contributed by atoms with Gasteiger partial charge in [0.1, 0.15) is 12.0 Å². The smallest absolute Gasteiger partial charge is 0.270 e. The maximum absolute atomic E-state index is 14.2. The van der Waals surface area contributed by atoms with E-state index in [1.54, 1.807) is 44.5 Å². The number of aromatic nitrogens is 1. The molecule has 1 saturated carbocycles. The van der Waals surface area contributed by atoms with E-state index in [-0.39, 0.29) is 24.4 Å². The first-order valence-electron chi connectivity index (χ1n) is 14.3. The van der Waals surface area contributed by atoms with Gasteiger partial charge < -0.3 is 19.6 Å². The van der Waals surface area contributed by atoms with Gasteiger partial charge >= 0.3 is 0 Å². The molecule has 1 amide bonds. The summed E-state index contributed by atoms with van der Waals surface area (Å²) >= 11 is 0. The first kappa shape index (κ1) is 30.2. The first-order chi connectivity index (χ1) is 20.1. The summed E-state index contributed by atoms with van der Waals surface area (Å²) in [4.78, 5) is 18.8. The van der Waals surface area contributed by atoms with Crippen LogP contribution in [0.2, 0.25) is 0 Å². The second-order valence-electron chi connectivity index (χ2n) is 11.4. The number of nitrogens with zero attached hydrogens (tertiary/aromatic N) is 3. The average Bonchev–Trinajstić information content (AvgIpc) is 3.46. The Morgan fingerprint density at radius 3 is 2.33 bits per heavy atom. The number of aryl methyl sites for hydroxylation is 2. The molecule has 2 unspecified atom stereocenters. The van der Waals surface area contributed by atoms with Gasteiger partial charge in [0, 0.05) is 39.3 Å². The molecule has 2 atom stereocenters. The predicted octanol–water partition coefficient (Wildman–Crippen LogP) is 3.80. The molecule has 1 aromatic heterocycles. The zero-order chi connectivity index (χ0) is 30.0. The minimum absolute atomic E-state index is 0.0213. The molecule has 10 nitrogen and oxygen atoms in total. The van der Waals surface area contributed by atoms with Crippen molar-refractivity contribution in [3.05, 3.63) is 76.5 Å². The van der Waals surface area contributed by atoms with Crippen molar-refractivity contribution in [2.75, 3.05) is 33.9 Å². The van der Waals surface area contributed by atoms with Gasteiger partial charge in [-0.1, -0.05) is 24.3 Å². The largest absolute Gasteiger partial charge is 0.497 e. The SMILES string of the molecule is COc1cc(C)c(S(=O)(=O)N(CC(Cc2ccc(CN3CCC(OC)C3)cc2)c2nc(C(N)=O)co2)C2CC2)c(C)c1. The van der Waals surface area contributed by atoms with Gasteiger partial charge in [-0.25, -0.2) is 13.4 Å². The van der Waals surface area contributed by atoms with Crippen LogP contribution in [0.15, 0.2) is 52.0 Å². The number of benzene rings is 2. The molecular formula is C31H40N4O6S. The highest BCUT2D eigenvalue weighted by Crippen LogP contribution is 2.38. The van der Waals surface area contributed by atoms with Crippen molar-refractivity contribution in [1.29, 1.82) is 0 Å². The normalized spacial score (nSPS) is 18.5. The Labute approximate surface area is 247 Å². The van der Waals surface area contributed by atoms with Crippen molar-refractivity contribution in [2.45, 2.75) is 69.0 Å². The number of methoxy groups -OCH3 is 2. The van der Waals surface area contributed by atoms with Gasteiger partial charge in [-0.2, -0.15) is 4.31 Å². The van der Waals surface area contributed by atoms with E-state index in [1.807, 2.05) is 0 Å². The minimum Gasteiger partial charge on any atom is -0.497 e. The highest BCUT2D eigenvalue weighted by Gasteiger charge is 2.41. The van der Waals surface area contributed by atoms with Gasteiger partial charge in [-0.3, -0.25) is 9.69 Å². The number of hydrogen-bond donors (Lipinski definition) is 1. The lowest BCUT2D eigenvalue weighted by Crippen LogP contribution is -2.38. The number of oxazole rings is 1. The fraction of sp³-hybridized carbons (Fsp3) is 0.484. The van der Waals surface area contributed by atoms with Crippen molar-refractivity contribution in [2.24, 2.45) is 5.73 Å². The highest BCUT2D eigenvalue weighted by molar-refractivity contribution is 7.89. The Morgan fingerprint density at radius 1 is 1.12 bits per heavy atom. The van der Waals surface area contributed by atoms with E-state index < -0.39 is 21.8 Å². The number of likely N-dealkylation sites (tertiary alicyclic amines) is 1. The lowest BCUT2D eigenvalue weighted by Gasteiger charge is -2.27. The molecule has 0 radical (unpaired) electrons. The van der Waals surface area contributed by atoms with Crippen molar-refractivity contribution in [3.8, 4) is 5.75 Å². The van der Waals surface area contributed by atoms with Gasteiger partial charge in [-0.15, -0.1) is 0 Å². The highest BCUT2D eigenvalue weighted by atomic mass is 32.2. The third-order valence-electron chi connectivity index (χ3n) is 8.19. The van der Waals surface area contributed by atoms with Gasteiger partial charge in [0.25, 0.3) is 5.91 Å². The molecule has 0 spiro atoms. The van der Waals surface area contributed by atoms with Crippen LogP contribution in [0, 0.1) is 13.8 Å². The van der Waals surface area contributed by atoms with Crippen LogP contribution < -0.4 is 10.5 Å². The van der Waals surface area contributed by atoms with E-state index >= 15 is 0 Å². The third kappa shape index (κ3) is 6.70.